The predicted octanol–water partition coefficient (Wildman–Crippen LogP) is 1.97. The van der Waals surface area contributed by atoms with Crippen molar-refractivity contribution < 1.29 is 9.53 Å². The zero-order chi connectivity index (χ0) is 13.7. The van der Waals surface area contributed by atoms with Gasteiger partial charge in [-0.05, 0) is 44.4 Å². The van der Waals surface area contributed by atoms with E-state index in [-0.39, 0.29) is 31.0 Å². The summed E-state index contributed by atoms with van der Waals surface area (Å²) in [5, 5.41) is 6.28. The third kappa shape index (κ3) is 4.69. The third-order valence-corrected chi connectivity index (χ3v) is 3.42. The molecule has 1 amide bonds. The lowest BCUT2D eigenvalue weighted by molar-refractivity contribution is -0.123. The van der Waals surface area contributed by atoms with Gasteiger partial charge in [-0.2, -0.15) is 0 Å². The first-order chi connectivity index (χ1) is 9.16. The van der Waals surface area contributed by atoms with E-state index in [4.69, 9.17) is 4.74 Å². The molecule has 0 spiro atoms. The molecule has 0 aliphatic carbocycles. The van der Waals surface area contributed by atoms with Gasteiger partial charge in [0.2, 0.25) is 0 Å². The Bertz CT molecular complexity index is 425. The zero-order valence-electron chi connectivity index (χ0n) is 12.1. The molecule has 5 heteroatoms. The Labute approximate surface area is 126 Å². The molecule has 0 saturated carbocycles. The second-order valence-electron chi connectivity index (χ2n) is 5.12. The number of aryl methyl sites for hydroxylation is 2. The highest BCUT2D eigenvalue weighted by molar-refractivity contribution is 5.85. The molecule has 20 heavy (non-hydrogen) atoms. The van der Waals surface area contributed by atoms with Gasteiger partial charge < -0.3 is 15.4 Å². The molecular formula is C15H23ClN2O2. The summed E-state index contributed by atoms with van der Waals surface area (Å²) in [6.45, 7) is 5.97. The van der Waals surface area contributed by atoms with E-state index in [1.165, 1.54) is 0 Å². The molecule has 2 N–H and O–H groups in total. The first-order valence-corrected chi connectivity index (χ1v) is 6.86. The summed E-state index contributed by atoms with van der Waals surface area (Å²) in [6.07, 6.45) is 2.16. The number of hydrogen-bond donors (Lipinski definition) is 2. The molecule has 2 rings (SSSR count). The number of nitrogens with one attached hydrogen (secondary N) is 2. The number of benzene rings is 1. The molecule has 1 aromatic carbocycles. The first kappa shape index (κ1) is 16.8. The van der Waals surface area contributed by atoms with E-state index in [9.17, 15) is 4.79 Å². The van der Waals surface area contributed by atoms with Crippen LogP contribution in [0.1, 0.15) is 24.0 Å². The molecule has 0 unspecified atom stereocenters. The highest BCUT2D eigenvalue weighted by Gasteiger charge is 2.15. The largest absolute Gasteiger partial charge is 0.483 e. The van der Waals surface area contributed by atoms with E-state index in [1.807, 2.05) is 32.0 Å². The number of halogens is 1. The summed E-state index contributed by atoms with van der Waals surface area (Å²) >= 11 is 0. The van der Waals surface area contributed by atoms with Crippen LogP contribution in [0, 0.1) is 13.8 Å². The van der Waals surface area contributed by atoms with Gasteiger partial charge in [0.15, 0.2) is 6.61 Å². The van der Waals surface area contributed by atoms with E-state index in [0.29, 0.717) is 0 Å². The highest BCUT2D eigenvalue weighted by atomic mass is 35.5. The highest BCUT2D eigenvalue weighted by Crippen LogP contribution is 2.22. The van der Waals surface area contributed by atoms with Crippen molar-refractivity contribution >= 4 is 18.3 Å². The van der Waals surface area contributed by atoms with Gasteiger partial charge in [0.1, 0.15) is 5.75 Å². The molecule has 1 aromatic rings. The van der Waals surface area contributed by atoms with Crippen molar-refractivity contribution in [2.75, 3.05) is 19.7 Å². The molecule has 4 nitrogen and oxygen atoms in total. The second kappa shape index (κ2) is 8.12. The predicted molar refractivity (Wildman–Crippen MR) is 82.7 cm³/mol. The van der Waals surface area contributed by atoms with Gasteiger partial charge >= 0.3 is 0 Å². The van der Waals surface area contributed by atoms with Gasteiger partial charge in [-0.3, -0.25) is 4.79 Å². The number of carbonyl (C=O) groups excluding carboxylic acids is 1. The van der Waals surface area contributed by atoms with Crippen LogP contribution >= 0.6 is 12.4 Å². The minimum Gasteiger partial charge on any atom is -0.483 e. The number of ether oxygens (including phenoxy) is 1. The van der Waals surface area contributed by atoms with Gasteiger partial charge in [0, 0.05) is 12.6 Å². The maximum Gasteiger partial charge on any atom is 0.258 e. The quantitative estimate of drug-likeness (QED) is 0.893. The first-order valence-electron chi connectivity index (χ1n) is 6.86. The summed E-state index contributed by atoms with van der Waals surface area (Å²) in [4.78, 5) is 11.8. The van der Waals surface area contributed by atoms with E-state index in [1.54, 1.807) is 0 Å². The van der Waals surface area contributed by atoms with Crippen molar-refractivity contribution in [3.63, 3.8) is 0 Å². The number of amides is 1. The summed E-state index contributed by atoms with van der Waals surface area (Å²) in [5.74, 6) is 0.774. The topological polar surface area (TPSA) is 50.4 Å². The van der Waals surface area contributed by atoms with Gasteiger partial charge in [0.25, 0.3) is 5.91 Å². The molecular weight excluding hydrogens is 276 g/mol. The van der Waals surface area contributed by atoms with Gasteiger partial charge in [0.05, 0.1) is 0 Å². The van der Waals surface area contributed by atoms with Crippen LogP contribution in [-0.2, 0) is 4.79 Å². The van der Waals surface area contributed by atoms with Crippen molar-refractivity contribution in [3.05, 3.63) is 29.3 Å². The van der Waals surface area contributed by atoms with Gasteiger partial charge in [-0.25, -0.2) is 0 Å². The maximum absolute atomic E-state index is 11.8. The normalized spacial score (nSPS) is 18.0. The monoisotopic (exact) mass is 298 g/mol. The third-order valence-electron chi connectivity index (χ3n) is 3.42. The fourth-order valence-corrected chi connectivity index (χ4v) is 2.41. The molecule has 1 heterocycles. The van der Waals surface area contributed by atoms with Crippen molar-refractivity contribution in [2.24, 2.45) is 0 Å². The zero-order valence-corrected chi connectivity index (χ0v) is 12.9. The molecule has 0 radical (unpaired) electrons. The maximum atomic E-state index is 11.8. The Hall–Kier alpha value is -1.26. The van der Waals surface area contributed by atoms with Crippen molar-refractivity contribution in [1.82, 2.24) is 10.6 Å². The molecule has 1 aliphatic heterocycles. The Morgan fingerprint density at radius 3 is 2.70 bits per heavy atom. The average molecular weight is 299 g/mol. The van der Waals surface area contributed by atoms with Crippen LogP contribution in [0.3, 0.4) is 0 Å². The van der Waals surface area contributed by atoms with Crippen LogP contribution in [-0.4, -0.2) is 31.6 Å². The van der Waals surface area contributed by atoms with E-state index in [2.05, 4.69) is 10.6 Å². The number of rotatable bonds is 4. The summed E-state index contributed by atoms with van der Waals surface area (Å²) in [5.41, 5.74) is 2.12. The van der Waals surface area contributed by atoms with E-state index >= 15 is 0 Å². The number of carbonyl (C=O) groups is 1. The molecule has 0 aromatic heterocycles. The second-order valence-corrected chi connectivity index (χ2v) is 5.12. The van der Waals surface area contributed by atoms with Gasteiger partial charge in [-0.15, -0.1) is 12.4 Å². The minimum absolute atomic E-state index is 0. The molecule has 1 saturated heterocycles. The van der Waals surface area contributed by atoms with Crippen LogP contribution in [0.5, 0.6) is 5.75 Å². The van der Waals surface area contributed by atoms with Crippen LogP contribution < -0.4 is 15.4 Å². The Morgan fingerprint density at radius 1 is 1.40 bits per heavy atom. The lowest BCUT2D eigenvalue weighted by Crippen LogP contribution is -2.47. The fourth-order valence-electron chi connectivity index (χ4n) is 2.41. The average Bonchev–Trinajstić information content (AvgIpc) is 2.39. The van der Waals surface area contributed by atoms with Crippen LogP contribution in [0.15, 0.2) is 18.2 Å². The summed E-state index contributed by atoms with van der Waals surface area (Å²) < 4.78 is 5.64. The number of piperidine rings is 1. The lowest BCUT2D eigenvalue weighted by Gasteiger charge is -2.23. The molecule has 1 aliphatic rings. The fraction of sp³-hybridized carbons (Fsp3) is 0.533. The SMILES string of the molecule is Cc1cccc(C)c1OCC(=O)N[C@H]1CCCNC1.Cl. The Balaban J connectivity index is 0.00000200. The van der Waals surface area contributed by atoms with E-state index in [0.717, 1.165) is 42.8 Å². The number of hydrogen-bond acceptors (Lipinski definition) is 3. The van der Waals surface area contributed by atoms with Crippen LogP contribution in [0.2, 0.25) is 0 Å². The van der Waals surface area contributed by atoms with Crippen molar-refractivity contribution in [1.29, 1.82) is 0 Å². The molecule has 1 atom stereocenters. The van der Waals surface area contributed by atoms with Crippen molar-refractivity contribution in [3.8, 4) is 5.75 Å². The molecule has 0 bridgehead atoms. The Kier molecular flexibility index (Phi) is 6.82. The van der Waals surface area contributed by atoms with E-state index < -0.39 is 0 Å². The summed E-state index contributed by atoms with van der Waals surface area (Å²) in [7, 11) is 0. The summed E-state index contributed by atoms with van der Waals surface area (Å²) in [6, 6.07) is 6.21. The standard InChI is InChI=1S/C15H22N2O2.ClH/c1-11-5-3-6-12(2)15(11)19-10-14(18)17-13-7-4-8-16-9-13;/h3,5-6,13,16H,4,7-10H2,1-2H3,(H,17,18);1H/t13-;/m0./s1. The molecule has 112 valence electrons. The van der Waals surface area contributed by atoms with Crippen molar-refractivity contribution in [2.45, 2.75) is 32.7 Å². The Morgan fingerprint density at radius 2 is 2.10 bits per heavy atom. The van der Waals surface area contributed by atoms with Crippen LogP contribution in [0.25, 0.3) is 0 Å². The smallest absolute Gasteiger partial charge is 0.258 e. The number of para-hydroxylation sites is 1. The van der Waals surface area contributed by atoms with Crippen LogP contribution in [0.4, 0.5) is 0 Å². The van der Waals surface area contributed by atoms with Gasteiger partial charge in [-0.1, -0.05) is 18.2 Å². The minimum atomic E-state index is -0.0450. The molecule has 1 fully saturated rings. The lowest BCUT2D eigenvalue weighted by atomic mass is 10.1.